The summed E-state index contributed by atoms with van der Waals surface area (Å²) in [5.74, 6) is 0.536. The zero-order valence-corrected chi connectivity index (χ0v) is 11.3. The Balaban J connectivity index is 1.89. The molecule has 0 aromatic carbocycles. The van der Waals surface area contributed by atoms with Crippen LogP contribution >= 0.6 is 0 Å². The van der Waals surface area contributed by atoms with Gasteiger partial charge < -0.3 is 10.5 Å². The van der Waals surface area contributed by atoms with E-state index in [1.807, 2.05) is 0 Å². The van der Waals surface area contributed by atoms with Crippen molar-refractivity contribution in [2.45, 2.75) is 51.2 Å². The van der Waals surface area contributed by atoms with Gasteiger partial charge in [0.1, 0.15) is 9.84 Å². The Morgan fingerprint density at radius 1 is 1.41 bits per heavy atom. The zero-order valence-electron chi connectivity index (χ0n) is 10.5. The number of sulfone groups is 1. The molecule has 2 fully saturated rings. The number of nitrogens with two attached hydrogens (primary N) is 1. The second-order valence-electron chi connectivity index (χ2n) is 5.43. The predicted octanol–water partition coefficient (Wildman–Crippen LogP) is 1.10. The molecule has 4 nitrogen and oxygen atoms in total. The average Bonchev–Trinajstić information content (AvgIpc) is 2.89. The molecule has 2 bridgehead atoms. The molecule has 2 saturated heterocycles. The van der Waals surface area contributed by atoms with E-state index in [-0.39, 0.29) is 17.3 Å². The van der Waals surface area contributed by atoms with Crippen LogP contribution in [0.3, 0.4) is 0 Å². The van der Waals surface area contributed by atoms with Gasteiger partial charge in [0, 0.05) is 17.7 Å². The second kappa shape index (κ2) is 4.86. The van der Waals surface area contributed by atoms with Gasteiger partial charge in [0.25, 0.3) is 0 Å². The summed E-state index contributed by atoms with van der Waals surface area (Å²) in [7, 11) is -2.84. The van der Waals surface area contributed by atoms with E-state index in [2.05, 4.69) is 0 Å². The number of rotatable bonds is 6. The van der Waals surface area contributed by atoms with Crippen LogP contribution < -0.4 is 5.73 Å². The minimum Gasteiger partial charge on any atom is -0.374 e. The van der Waals surface area contributed by atoms with Gasteiger partial charge in [0.15, 0.2) is 0 Å². The summed E-state index contributed by atoms with van der Waals surface area (Å²) in [5.41, 5.74) is 5.97. The van der Waals surface area contributed by atoms with Crippen LogP contribution in [0.1, 0.15) is 39.0 Å². The molecule has 3 unspecified atom stereocenters. The van der Waals surface area contributed by atoms with Gasteiger partial charge in [0.05, 0.1) is 18.0 Å². The Morgan fingerprint density at radius 2 is 2.18 bits per heavy atom. The van der Waals surface area contributed by atoms with Crippen LogP contribution in [-0.4, -0.2) is 38.7 Å². The lowest BCUT2D eigenvalue weighted by molar-refractivity contribution is 0.0597. The van der Waals surface area contributed by atoms with Crippen LogP contribution in [0.2, 0.25) is 0 Å². The molecule has 0 amide bonds. The lowest BCUT2D eigenvalue weighted by Gasteiger charge is -2.34. The quantitative estimate of drug-likeness (QED) is 0.777. The minimum absolute atomic E-state index is 0.0617. The van der Waals surface area contributed by atoms with Crippen molar-refractivity contribution in [2.75, 3.05) is 18.1 Å². The highest BCUT2D eigenvalue weighted by Gasteiger charge is 2.50. The standard InChI is InChI=1S/C12H23NO3S/c1-2-17(14,15)7-3-6-12(9-13)8-10-4-5-11(12)16-10/h10-11H,2-9,13H2,1H3. The van der Waals surface area contributed by atoms with Crippen molar-refractivity contribution < 1.29 is 13.2 Å². The van der Waals surface area contributed by atoms with Crippen LogP contribution in [0.5, 0.6) is 0 Å². The molecule has 0 radical (unpaired) electrons. The summed E-state index contributed by atoms with van der Waals surface area (Å²) >= 11 is 0. The molecule has 2 heterocycles. The van der Waals surface area contributed by atoms with E-state index >= 15 is 0 Å². The summed E-state index contributed by atoms with van der Waals surface area (Å²) in [6, 6.07) is 0. The molecule has 0 spiro atoms. The molecule has 100 valence electrons. The summed E-state index contributed by atoms with van der Waals surface area (Å²) in [4.78, 5) is 0. The zero-order chi connectivity index (χ0) is 12.5. The molecule has 0 aliphatic carbocycles. The van der Waals surface area contributed by atoms with Gasteiger partial charge >= 0.3 is 0 Å². The van der Waals surface area contributed by atoms with Gasteiger partial charge in [-0.25, -0.2) is 8.42 Å². The van der Waals surface area contributed by atoms with Crippen molar-refractivity contribution >= 4 is 9.84 Å². The number of ether oxygens (including phenoxy) is 1. The highest BCUT2D eigenvalue weighted by atomic mass is 32.2. The van der Waals surface area contributed by atoms with Gasteiger partial charge in [-0.2, -0.15) is 0 Å². The van der Waals surface area contributed by atoms with E-state index in [1.54, 1.807) is 6.92 Å². The van der Waals surface area contributed by atoms with E-state index in [0.29, 0.717) is 18.4 Å². The third-order valence-electron chi connectivity index (χ3n) is 4.40. The Morgan fingerprint density at radius 3 is 2.65 bits per heavy atom. The first-order chi connectivity index (χ1) is 8.01. The largest absolute Gasteiger partial charge is 0.374 e. The average molecular weight is 261 g/mol. The third-order valence-corrected chi connectivity index (χ3v) is 6.19. The predicted molar refractivity (Wildman–Crippen MR) is 67.6 cm³/mol. The first-order valence-corrected chi connectivity index (χ1v) is 8.39. The molecule has 2 aliphatic heterocycles. The van der Waals surface area contributed by atoms with Crippen molar-refractivity contribution in [2.24, 2.45) is 11.1 Å². The Kier molecular flexibility index (Phi) is 3.80. The molecule has 17 heavy (non-hydrogen) atoms. The summed E-state index contributed by atoms with van der Waals surface area (Å²) in [5, 5.41) is 0. The Bertz CT molecular complexity index is 368. The van der Waals surface area contributed by atoms with E-state index in [1.165, 1.54) is 0 Å². The fourth-order valence-electron chi connectivity index (χ4n) is 3.26. The SMILES string of the molecule is CCS(=O)(=O)CCCC1(CN)CC2CCC1O2. The maximum absolute atomic E-state index is 11.5. The lowest BCUT2D eigenvalue weighted by atomic mass is 9.71. The Hall–Kier alpha value is -0.130. The molecular weight excluding hydrogens is 238 g/mol. The van der Waals surface area contributed by atoms with Crippen molar-refractivity contribution in [3.05, 3.63) is 0 Å². The van der Waals surface area contributed by atoms with Crippen LogP contribution in [0, 0.1) is 5.41 Å². The minimum atomic E-state index is -2.84. The van der Waals surface area contributed by atoms with Gasteiger partial charge in [-0.05, 0) is 32.1 Å². The smallest absolute Gasteiger partial charge is 0.150 e. The van der Waals surface area contributed by atoms with Gasteiger partial charge in [0.2, 0.25) is 0 Å². The molecule has 0 aromatic heterocycles. The van der Waals surface area contributed by atoms with Gasteiger partial charge in [-0.1, -0.05) is 6.92 Å². The number of fused-ring (bicyclic) bond motifs is 2. The lowest BCUT2D eigenvalue weighted by Crippen LogP contribution is -2.39. The molecule has 0 aromatic rings. The molecule has 2 N–H and O–H groups in total. The highest BCUT2D eigenvalue weighted by Crippen LogP contribution is 2.49. The Labute approximate surface area is 104 Å². The molecular formula is C12H23NO3S. The monoisotopic (exact) mass is 261 g/mol. The molecule has 5 heteroatoms. The van der Waals surface area contributed by atoms with Crippen LogP contribution in [0.15, 0.2) is 0 Å². The van der Waals surface area contributed by atoms with Crippen molar-refractivity contribution in [1.29, 1.82) is 0 Å². The van der Waals surface area contributed by atoms with Crippen LogP contribution in [-0.2, 0) is 14.6 Å². The molecule has 3 atom stereocenters. The van der Waals surface area contributed by atoms with E-state index in [0.717, 1.165) is 32.1 Å². The summed E-state index contributed by atoms with van der Waals surface area (Å²) < 4.78 is 28.8. The van der Waals surface area contributed by atoms with Crippen LogP contribution in [0.4, 0.5) is 0 Å². The number of hydrogen-bond donors (Lipinski definition) is 1. The van der Waals surface area contributed by atoms with Gasteiger partial charge in [-0.3, -0.25) is 0 Å². The summed E-state index contributed by atoms with van der Waals surface area (Å²) in [6.07, 6.45) is 5.56. The first-order valence-electron chi connectivity index (χ1n) is 6.57. The van der Waals surface area contributed by atoms with Crippen molar-refractivity contribution in [3.63, 3.8) is 0 Å². The first kappa shape index (κ1) is 13.3. The second-order valence-corrected chi connectivity index (χ2v) is 7.91. The molecule has 0 saturated carbocycles. The van der Waals surface area contributed by atoms with Crippen LogP contribution in [0.25, 0.3) is 0 Å². The van der Waals surface area contributed by atoms with E-state index < -0.39 is 9.84 Å². The van der Waals surface area contributed by atoms with Crippen molar-refractivity contribution in [1.82, 2.24) is 0 Å². The maximum Gasteiger partial charge on any atom is 0.150 e. The molecule has 2 rings (SSSR count). The van der Waals surface area contributed by atoms with E-state index in [9.17, 15) is 8.42 Å². The van der Waals surface area contributed by atoms with Crippen molar-refractivity contribution in [3.8, 4) is 0 Å². The van der Waals surface area contributed by atoms with E-state index in [4.69, 9.17) is 10.5 Å². The molecule has 2 aliphatic rings. The number of hydrogen-bond acceptors (Lipinski definition) is 4. The fraction of sp³-hybridized carbons (Fsp3) is 1.00. The fourth-order valence-corrected chi connectivity index (χ4v) is 4.13. The highest BCUT2D eigenvalue weighted by molar-refractivity contribution is 7.91. The third kappa shape index (κ3) is 2.66. The van der Waals surface area contributed by atoms with Gasteiger partial charge in [-0.15, -0.1) is 0 Å². The topological polar surface area (TPSA) is 69.4 Å². The normalized spacial score (nSPS) is 36.6. The maximum atomic E-state index is 11.5. The summed E-state index contributed by atoms with van der Waals surface area (Å²) in [6.45, 7) is 2.33.